The second kappa shape index (κ2) is 11.7. The molecule has 0 saturated carbocycles. The summed E-state index contributed by atoms with van der Waals surface area (Å²) < 4.78 is 0. The molecule has 0 aromatic heterocycles. The molecule has 0 rings (SSSR count). The van der Waals surface area contributed by atoms with E-state index in [2.05, 4.69) is 0 Å². The van der Waals surface area contributed by atoms with Crippen LogP contribution in [0.2, 0.25) is 12.1 Å². The van der Waals surface area contributed by atoms with E-state index in [9.17, 15) is 0 Å². The molecule has 8 heteroatoms. The molecule has 0 aliphatic rings. The molecular formula is C11H22Cl6Si2. The van der Waals surface area contributed by atoms with E-state index in [0.29, 0.717) is 0 Å². The largest absolute Gasteiger partial charge is 0.341 e. The van der Waals surface area contributed by atoms with Crippen molar-refractivity contribution in [1.29, 1.82) is 0 Å². The lowest BCUT2D eigenvalue weighted by molar-refractivity contribution is 0.571. The van der Waals surface area contributed by atoms with Crippen LogP contribution < -0.4 is 0 Å². The maximum Gasteiger partial charge on any atom is 0.341 e. The summed E-state index contributed by atoms with van der Waals surface area (Å²) in [6.45, 7) is 0. The fourth-order valence-electron chi connectivity index (χ4n) is 1.89. The first-order chi connectivity index (χ1) is 8.71. The van der Waals surface area contributed by atoms with Gasteiger partial charge < -0.3 is 0 Å². The van der Waals surface area contributed by atoms with Crippen LogP contribution in [0.3, 0.4) is 0 Å². The molecule has 0 fully saturated rings. The summed E-state index contributed by atoms with van der Waals surface area (Å²) >= 11 is 34.9. The predicted octanol–water partition coefficient (Wildman–Crippen LogP) is 7.81. The van der Waals surface area contributed by atoms with Gasteiger partial charge in [-0.1, -0.05) is 57.8 Å². The molecule has 0 N–H and O–H groups in total. The number of unbranched alkanes of at least 4 members (excludes halogenated alkanes) is 8. The van der Waals surface area contributed by atoms with Gasteiger partial charge in [-0.15, -0.1) is 66.5 Å². The maximum atomic E-state index is 5.82. The monoisotopic (exact) mass is 420 g/mol. The van der Waals surface area contributed by atoms with Crippen LogP contribution in [0, 0.1) is 0 Å². The van der Waals surface area contributed by atoms with Crippen LogP contribution >= 0.6 is 66.5 Å². The minimum Gasteiger partial charge on any atom is -0.126 e. The van der Waals surface area contributed by atoms with Gasteiger partial charge in [0.25, 0.3) is 0 Å². The van der Waals surface area contributed by atoms with Crippen molar-refractivity contribution < 1.29 is 0 Å². The fraction of sp³-hybridized carbons (Fsp3) is 1.00. The molecule has 0 saturated heterocycles. The van der Waals surface area contributed by atoms with Gasteiger partial charge in [0, 0.05) is 0 Å². The number of halogens is 6. The van der Waals surface area contributed by atoms with Gasteiger partial charge in [-0.05, 0) is 12.1 Å². The molecule has 0 unspecified atom stereocenters. The summed E-state index contributed by atoms with van der Waals surface area (Å²) in [5.74, 6) is 0. The van der Waals surface area contributed by atoms with Crippen molar-refractivity contribution in [3.8, 4) is 0 Å². The molecule has 0 spiro atoms. The smallest absolute Gasteiger partial charge is 0.126 e. The molecule has 0 amide bonds. The molecule has 19 heavy (non-hydrogen) atoms. The Morgan fingerprint density at radius 1 is 0.368 bits per heavy atom. The average molecular weight is 423 g/mol. The summed E-state index contributed by atoms with van der Waals surface area (Å²) in [7, 11) is 0. The zero-order valence-electron chi connectivity index (χ0n) is 11.0. The highest BCUT2D eigenvalue weighted by atomic mass is 35.8. The highest BCUT2D eigenvalue weighted by Crippen LogP contribution is 2.28. The lowest BCUT2D eigenvalue weighted by Gasteiger charge is -2.07. The van der Waals surface area contributed by atoms with Crippen LogP contribution in [0.15, 0.2) is 0 Å². The highest BCUT2D eigenvalue weighted by molar-refractivity contribution is 7.65. The molecule has 0 bridgehead atoms. The lowest BCUT2D eigenvalue weighted by atomic mass is 10.1. The van der Waals surface area contributed by atoms with Gasteiger partial charge in [0.05, 0.1) is 0 Å². The molecule has 0 aliphatic carbocycles. The summed E-state index contributed by atoms with van der Waals surface area (Å²) in [4.78, 5) is 0. The molecule has 0 aliphatic heterocycles. The molecular weight excluding hydrogens is 401 g/mol. The third-order valence-corrected chi connectivity index (χ3v) is 8.16. The van der Waals surface area contributed by atoms with E-state index in [4.69, 9.17) is 66.5 Å². The second-order valence-electron chi connectivity index (χ2n) is 4.91. The van der Waals surface area contributed by atoms with E-state index in [1.807, 2.05) is 0 Å². The van der Waals surface area contributed by atoms with E-state index in [-0.39, 0.29) is 0 Å². The van der Waals surface area contributed by atoms with Crippen LogP contribution in [0.5, 0.6) is 0 Å². The third kappa shape index (κ3) is 20.2. The van der Waals surface area contributed by atoms with Crippen molar-refractivity contribution in [1.82, 2.24) is 0 Å². The molecule has 0 aromatic carbocycles. The Morgan fingerprint density at radius 3 is 0.789 bits per heavy atom. The van der Waals surface area contributed by atoms with Gasteiger partial charge in [0.2, 0.25) is 0 Å². The summed E-state index contributed by atoms with van der Waals surface area (Å²) in [6, 6.07) is -3.17. The average Bonchev–Trinajstić information content (AvgIpc) is 2.22. The highest BCUT2D eigenvalue weighted by Gasteiger charge is 2.24. The molecule has 0 radical (unpaired) electrons. The normalized spacial score (nSPS) is 12.9. The Morgan fingerprint density at radius 2 is 0.579 bits per heavy atom. The number of hydrogen-bond donors (Lipinski definition) is 0. The number of rotatable bonds is 12. The van der Waals surface area contributed by atoms with E-state index in [1.54, 1.807) is 0 Å². The quantitative estimate of drug-likeness (QED) is 0.171. The Balaban J connectivity index is 3.12. The van der Waals surface area contributed by atoms with Gasteiger partial charge in [0.15, 0.2) is 0 Å². The zero-order valence-corrected chi connectivity index (χ0v) is 17.6. The first-order valence-corrected chi connectivity index (χ1v) is 17.3. The summed E-state index contributed by atoms with van der Waals surface area (Å²) in [5.41, 5.74) is 0. The van der Waals surface area contributed by atoms with E-state index in [0.717, 1.165) is 24.9 Å². The Labute approximate surface area is 147 Å². The zero-order chi connectivity index (χ0) is 14.8. The van der Waals surface area contributed by atoms with Crippen LogP contribution in [-0.2, 0) is 0 Å². The van der Waals surface area contributed by atoms with Crippen molar-refractivity contribution in [3.63, 3.8) is 0 Å². The Bertz CT molecular complexity index is 192. The first-order valence-electron chi connectivity index (χ1n) is 6.84. The SMILES string of the molecule is Cl[Si](Cl)(Cl)CCCCCCCCCCC[Si](Cl)(Cl)Cl. The van der Waals surface area contributed by atoms with Crippen LogP contribution in [0.25, 0.3) is 0 Å². The lowest BCUT2D eigenvalue weighted by Crippen LogP contribution is -2.07. The van der Waals surface area contributed by atoms with Gasteiger partial charge in [-0.25, -0.2) is 0 Å². The maximum absolute atomic E-state index is 5.82. The summed E-state index contributed by atoms with van der Waals surface area (Å²) in [6.07, 6.45) is 10.8. The van der Waals surface area contributed by atoms with Gasteiger partial charge in [0.1, 0.15) is 0 Å². The Kier molecular flexibility index (Phi) is 13.0. The third-order valence-electron chi connectivity index (χ3n) is 2.92. The molecule has 0 nitrogen and oxygen atoms in total. The first kappa shape index (κ1) is 21.2. The van der Waals surface area contributed by atoms with E-state index in [1.165, 1.54) is 44.9 Å². The van der Waals surface area contributed by atoms with Gasteiger partial charge in [-0.3, -0.25) is 0 Å². The van der Waals surface area contributed by atoms with Crippen molar-refractivity contribution in [2.75, 3.05) is 0 Å². The van der Waals surface area contributed by atoms with Crippen molar-refractivity contribution in [2.24, 2.45) is 0 Å². The van der Waals surface area contributed by atoms with Gasteiger partial charge >= 0.3 is 12.0 Å². The van der Waals surface area contributed by atoms with Gasteiger partial charge in [-0.2, -0.15) is 0 Å². The predicted molar refractivity (Wildman–Crippen MR) is 97.8 cm³/mol. The van der Waals surface area contributed by atoms with Crippen LogP contribution in [0.1, 0.15) is 57.8 Å². The van der Waals surface area contributed by atoms with Crippen LogP contribution in [0.4, 0.5) is 0 Å². The molecule has 116 valence electrons. The van der Waals surface area contributed by atoms with Crippen molar-refractivity contribution >= 4 is 78.5 Å². The molecule has 0 aromatic rings. The van der Waals surface area contributed by atoms with Crippen molar-refractivity contribution in [3.05, 3.63) is 0 Å². The minimum absolute atomic E-state index is 0.790. The molecule has 0 atom stereocenters. The standard InChI is InChI=1S/C11H22Cl6Si2/c12-18(13,14)10-8-6-4-2-1-3-5-7-9-11-19(15,16)17/h1-11H2. The van der Waals surface area contributed by atoms with Crippen LogP contribution in [-0.4, -0.2) is 12.0 Å². The summed E-state index contributed by atoms with van der Waals surface area (Å²) in [5, 5.41) is 0. The Hall–Kier alpha value is 2.17. The van der Waals surface area contributed by atoms with E-state index < -0.39 is 12.0 Å². The van der Waals surface area contributed by atoms with Crippen molar-refractivity contribution in [2.45, 2.75) is 69.9 Å². The fourth-order valence-corrected chi connectivity index (χ4v) is 5.60. The minimum atomic E-state index is -2.38. The topological polar surface area (TPSA) is 0 Å². The number of hydrogen-bond acceptors (Lipinski definition) is 0. The second-order valence-corrected chi connectivity index (χ2v) is 23.5. The van der Waals surface area contributed by atoms with E-state index >= 15 is 0 Å². The molecule has 0 heterocycles.